The molecule has 0 saturated heterocycles. The van der Waals surface area contributed by atoms with Gasteiger partial charge < -0.3 is 18.9 Å². The SMILES string of the molecule is C[C@H](CCC(=O)OC(C)(C)C)C1CC[C@H]2[C@@H]3CC[C@@H]4C[C@@H](OC(=O)[C@H](CCC(=O)OC(C)(C)C)CC(=O)OCC5c6ccccc6-c6ccccc65)CC[C@]4(C)[C@H]3CC[C@]12C. The molecule has 334 valence electrons. The highest BCUT2D eigenvalue weighted by atomic mass is 16.6. The first-order valence-electron chi connectivity index (χ1n) is 23.7. The molecule has 7 rings (SSSR count). The Bertz CT molecular complexity index is 1870. The van der Waals surface area contributed by atoms with Gasteiger partial charge in [-0.25, -0.2) is 0 Å². The van der Waals surface area contributed by atoms with Gasteiger partial charge in [0.25, 0.3) is 0 Å². The molecule has 8 heteroatoms. The minimum Gasteiger partial charge on any atom is -0.465 e. The fraction of sp³-hybridized carbons (Fsp3) is 0.698. The van der Waals surface area contributed by atoms with Crippen molar-refractivity contribution in [2.24, 2.45) is 52.3 Å². The Kier molecular flexibility index (Phi) is 13.3. The summed E-state index contributed by atoms with van der Waals surface area (Å²) in [6.07, 6.45) is 11.3. The Hall–Kier alpha value is -3.68. The lowest BCUT2D eigenvalue weighted by molar-refractivity contribution is -0.170. The van der Waals surface area contributed by atoms with E-state index in [1.165, 1.54) is 32.1 Å². The zero-order chi connectivity index (χ0) is 43.9. The molecule has 0 aromatic heterocycles. The number of benzene rings is 2. The predicted octanol–water partition coefficient (Wildman–Crippen LogP) is 11.8. The summed E-state index contributed by atoms with van der Waals surface area (Å²) in [6.45, 7) is 18.9. The van der Waals surface area contributed by atoms with Gasteiger partial charge in [-0.1, -0.05) is 69.3 Å². The van der Waals surface area contributed by atoms with E-state index in [0.717, 1.165) is 66.2 Å². The molecule has 5 aliphatic carbocycles. The summed E-state index contributed by atoms with van der Waals surface area (Å²) in [5.41, 5.74) is 4.00. The number of ether oxygens (including phenoxy) is 4. The van der Waals surface area contributed by atoms with Crippen LogP contribution >= 0.6 is 0 Å². The Labute approximate surface area is 366 Å². The maximum atomic E-state index is 14.1. The number of fused-ring (bicyclic) bond motifs is 8. The Balaban J connectivity index is 0.959. The van der Waals surface area contributed by atoms with Gasteiger partial charge in [-0.15, -0.1) is 0 Å². The molecule has 2 aromatic carbocycles. The summed E-state index contributed by atoms with van der Waals surface area (Å²) in [7, 11) is 0. The molecule has 5 aliphatic rings. The van der Waals surface area contributed by atoms with E-state index in [-0.39, 0.29) is 49.3 Å². The standard InChI is InChI=1S/C53H74O8/c1-33(18-24-46(54)60-50(2,3)4)43-22-23-44-41-21-20-35-31-36(26-28-52(35,8)45(41)27-29-53(43,44)9)59-49(57)34(19-25-47(55)61-51(5,6)7)30-48(56)58-32-42-39-16-12-10-14-37(39)38-15-11-13-17-40(38)42/h10-17,33-36,41-45H,18-32H2,1-9H3/t33-,34-,35-,36+,41+,43?,44+,45+,52+,53-/m1/s1. The fourth-order valence-electron chi connectivity index (χ4n) is 13.4. The quantitative estimate of drug-likeness (QED) is 0.145. The first-order chi connectivity index (χ1) is 28.8. The molecule has 0 radical (unpaired) electrons. The first kappa shape index (κ1) is 45.3. The van der Waals surface area contributed by atoms with E-state index >= 15 is 0 Å². The van der Waals surface area contributed by atoms with Crippen molar-refractivity contribution in [1.82, 2.24) is 0 Å². The van der Waals surface area contributed by atoms with Crippen molar-refractivity contribution in [2.75, 3.05) is 6.61 Å². The first-order valence-corrected chi connectivity index (χ1v) is 23.7. The zero-order valence-corrected chi connectivity index (χ0v) is 38.7. The van der Waals surface area contributed by atoms with E-state index in [2.05, 4.69) is 45.0 Å². The topological polar surface area (TPSA) is 105 Å². The lowest BCUT2D eigenvalue weighted by Gasteiger charge is -2.61. The van der Waals surface area contributed by atoms with Crippen LogP contribution in [-0.4, -0.2) is 47.8 Å². The number of esters is 4. The lowest BCUT2D eigenvalue weighted by atomic mass is 9.44. The maximum absolute atomic E-state index is 14.1. The summed E-state index contributed by atoms with van der Waals surface area (Å²) in [5, 5.41) is 0. The van der Waals surface area contributed by atoms with E-state index < -0.39 is 35.0 Å². The average Bonchev–Trinajstić information content (AvgIpc) is 3.71. The van der Waals surface area contributed by atoms with Crippen LogP contribution in [0.15, 0.2) is 48.5 Å². The fourth-order valence-corrected chi connectivity index (χ4v) is 13.4. The maximum Gasteiger partial charge on any atom is 0.309 e. The van der Waals surface area contributed by atoms with E-state index in [9.17, 15) is 19.2 Å². The highest BCUT2D eigenvalue weighted by Gasteiger charge is 2.61. The van der Waals surface area contributed by atoms with E-state index in [0.29, 0.717) is 35.5 Å². The third-order valence-electron chi connectivity index (χ3n) is 16.1. The molecule has 61 heavy (non-hydrogen) atoms. The van der Waals surface area contributed by atoms with Crippen molar-refractivity contribution in [3.05, 3.63) is 59.7 Å². The van der Waals surface area contributed by atoms with Crippen LogP contribution in [0.3, 0.4) is 0 Å². The summed E-state index contributed by atoms with van der Waals surface area (Å²) >= 11 is 0. The van der Waals surface area contributed by atoms with Gasteiger partial charge in [0, 0.05) is 18.8 Å². The smallest absolute Gasteiger partial charge is 0.309 e. The van der Waals surface area contributed by atoms with Crippen LogP contribution in [0.4, 0.5) is 0 Å². The molecular weight excluding hydrogens is 765 g/mol. The molecule has 1 unspecified atom stereocenters. The van der Waals surface area contributed by atoms with Gasteiger partial charge in [0.15, 0.2) is 0 Å². The molecule has 10 atom stereocenters. The molecule has 2 aromatic rings. The van der Waals surface area contributed by atoms with Gasteiger partial charge in [0.1, 0.15) is 23.9 Å². The number of hydrogen-bond donors (Lipinski definition) is 0. The van der Waals surface area contributed by atoms with Crippen molar-refractivity contribution in [2.45, 2.75) is 175 Å². The minimum atomic E-state index is -0.801. The highest BCUT2D eigenvalue weighted by Crippen LogP contribution is 2.68. The molecule has 4 saturated carbocycles. The van der Waals surface area contributed by atoms with Crippen LogP contribution < -0.4 is 0 Å². The van der Waals surface area contributed by atoms with Crippen LogP contribution in [0.1, 0.15) is 169 Å². The minimum absolute atomic E-state index is 0.0194. The molecule has 0 heterocycles. The van der Waals surface area contributed by atoms with Crippen molar-refractivity contribution in [3.63, 3.8) is 0 Å². The van der Waals surface area contributed by atoms with Gasteiger partial charge in [-0.05, 0) is 181 Å². The second kappa shape index (κ2) is 17.8. The summed E-state index contributed by atoms with van der Waals surface area (Å²) in [6, 6.07) is 16.5. The van der Waals surface area contributed by atoms with E-state index in [4.69, 9.17) is 18.9 Å². The van der Waals surface area contributed by atoms with E-state index in [1.54, 1.807) is 0 Å². The molecule has 0 spiro atoms. The largest absolute Gasteiger partial charge is 0.465 e. The third kappa shape index (κ3) is 9.94. The van der Waals surface area contributed by atoms with Crippen LogP contribution in [0.5, 0.6) is 0 Å². The molecule has 8 nitrogen and oxygen atoms in total. The highest BCUT2D eigenvalue weighted by molar-refractivity contribution is 5.82. The molecule has 0 bridgehead atoms. The molecule has 4 fully saturated rings. The Morgan fingerprint density at radius 1 is 0.689 bits per heavy atom. The zero-order valence-electron chi connectivity index (χ0n) is 38.7. The molecule has 0 amide bonds. The summed E-state index contributed by atoms with van der Waals surface area (Å²) in [4.78, 5) is 53.1. The Morgan fingerprint density at radius 3 is 1.89 bits per heavy atom. The van der Waals surface area contributed by atoms with Crippen LogP contribution in [-0.2, 0) is 38.1 Å². The predicted molar refractivity (Wildman–Crippen MR) is 237 cm³/mol. The normalized spacial score (nSPS) is 30.4. The lowest BCUT2D eigenvalue weighted by Crippen LogP contribution is -2.54. The third-order valence-corrected chi connectivity index (χ3v) is 16.1. The number of carbonyl (C=O) groups excluding carboxylic acids is 4. The number of carbonyl (C=O) groups is 4. The van der Waals surface area contributed by atoms with Gasteiger partial charge in [0.05, 0.1) is 12.3 Å². The second-order valence-corrected chi connectivity index (χ2v) is 22.3. The number of hydrogen-bond acceptors (Lipinski definition) is 8. The van der Waals surface area contributed by atoms with Crippen LogP contribution in [0.25, 0.3) is 11.1 Å². The summed E-state index contributed by atoms with van der Waals surface area (Å²) < 4.78 is 23.5. The van der Waals surface area contributed by atoms with Gasteiger partial charge in [-0.2, -0.15) is 0 Å². The number of rotatable bonds is 13. The molecule has 0 N–H and O–H groups in total. The van der Waals surface area contributed by atoms with Crippen molar-refractivity contribution >= 4 is 23.9 Å². The molecular formula is C53H74O8. The van der Waals surface area contributed by atoms with E-state index in [1.807, 2.05) is 65.8 Å². The van der Waals surface area contributed by atoms with Gasteiger partial charge >= 0.3 is 23.9 Å². The average molecular weight is 839 g/mol. The van der Waals surface area contributed by atoms with Crippen molar-refractivity contribution in [1.29, 1.82) is 0 Å². The van der Waals surface area contributed by atoms with Gasteiger partial charge in [0.2, 0.25) is 0 Å². The van der Waals surface area contributed by atoms with Crippen LogP contribution in [0, 0.1) is 52.3 Å². The van der Waals surface area contributed by atoms with Crippen molar-refractivity contribution < 1.29 is 38.1 Å². The Morgan fingerprint density at radius 2 is 1.26 bits per heavy atom. The summed E-state index contributed by atoms with van der Waals surface area (Å²) in [5.74, 6) is 1.50. The van der Waals surface area contributed by atoms with Crippen LogP contribution in [0.2, 0.25) is 0 Å². The van der Waals surface area contributed by atoms with Gasteiger partial charge in [-0.3, -0.25) is 19.2 Å². The molecule has 0 aliphatic heterocycles. The monoisotopic (exact) mass is 839 g/mol. The van der Waals surface area contributed by atoms with Crippen molar-refractivity contribution in [3.8, 4) is 11.1 Å². The second-order valence-electron chi connectivity index (χ2n) is 22.3.